The largest absolute Gasteiger partial charge is 0.462 e. The lowest BCUT2D eigenvalue weighted by Gasteiger charge is -2.07. The Morgan fingerprint density at radius 3 is 2.25 bits per heavy atom. The fraction of sp³-hybridized carbons (Fsp3) is 0.526. The molecule has 1 aromatic heterocycles. The van der Waals surface area contributed by atoms with Gasteiger partial charge in [-0.1, -0.05) is 37.0 Å². The summed E-state index contributed by atoms with van der Waals surface area (Å²) < 4.78 is 10.2. The van der Waals surface area contributed by atoms with Crippen molar-refractivity contribution in [3.63, 3.8) is 0 Å². The molecule has 1 saturated carbocycles. The van der Waals surface area contributed by atoms with Crippen LogP contribution < -0.4 is 5.32 Å². The van der Waals surface area contributed by atoms with Gasteiger partial charge in [-0.05, 0) is 43.7 Å². The first-order valence-corrected chi connectivity index (χ1v) is 10.4. The molecule has 0 unspecified atom stereocenters. The van der Waals surface area contributed by atoms with E-state index in [0.29, 0.717) is 5.56 Å². The van der Waals surface area contributed by atoms with Gasteiger partial charge in [-0.25, -0.2) is 9.59 Å². The normalized spacial score (nSPS) is 19.5. The second kappa shape index (κ2) is 8.84. The molecule has 0 bridgehead atoms. The molecule has 0 radical (unpaired) electrons. The number of carbonyl (C=O) groups excluding carboxylic acids is 3. The third-order valence-electron chi connectivity index (χ3n) is 4.82. The molecule has 1 N–H and O–H groups in total. The van der Waals surface area contributed by atoms with Crippen LogP contribution in [0.25, 0.3) is 0 Å². The Bertz CT molecular complexity index is 827. The Balaban J connectivity index is 2.35. The summed E-state index contributed by atoms with van der Waals surface area (Å²) in [5.74, 6) is -1.89. The Morgan fingerprint density at radius 2 is 1.71 bits per heavy atom. The zero-order valence-electron chi connectivity index (χ0n) is 16.4. The van der Waals surface area contributed by atoms with E-state index in [1.54, 1.807) is 26.8 Å². The number of hydrogen-bond acceptors (Lipinski definition) is 6. The molecule has 0 spiro atoms. The fourth-order valence-corrected chi connectivity index (χ4v) is 4.62. The molecule has 9 heteroatoms. The number of esters is 2. The van der Waals surface area contributed by atoms with E-state index in [0.717, 1.165) is 11.3 Å². The number of carbonyl (C=O) groups is 3. The van der Waals surface area contributed by atoms with E-state index in [-0.39, 0.29) is 56.3 Å². The molecule has 0 aromatic carbocycles. The molecule has 6 nitrogen and oxygen atoms in total. The first kappa shape index (κ1) is 22.7. The molecule has 28 heavy (non-hydrogen) atoms. The van der Waals surface area contributed by atoms with Crippen molar-refractivity contribution in [3.05, 3.63) is 26.6 Å². The third-order valence-corrected chi connectivity index (χ3v) is 6.26. The third kappa shape index (κ3) is 4.53. The number of hydrogen-bond donors (Lipinski definition) is 1. The predicted octanol–water partition coefficient (Wildman–Crippen LogP) is 4.94. The summed E-state index contributed by atoms with van der Waals surface area (Å²) in [6, 6.07) is 0. The number of nitrogens with one attached hydrogen (secondary N) is 1. The Kier molecular flexibility index (Phi) is 7.17. The molecule has 0 saturated heterocycles. The van der Waals surface area contributed by atoms with Gasteiger partial charge < -0.3 is 14.8 Å². The minimum Gasteiger partial charge on any atom is -0.462 e. The summed E-state index contributed by atoms with van der Waals surface area (Å²) in [4.78, 5) is 37.7. The highest BCUT2D eigenvalue weighted by atomic mass is 35.5. The van der Waals surface area contributed by atoms with Gasteiger partial charge in [-0.2, -0.15) is 0 Å². The van der Waals surface area contributed by atoms with Crippen LogP contribution in [0, 0.1) is 24.2 Å². The van der Waals surface area contributed by atoms with E-state index in [1.165, 1.54) is 0 Å². The molecule has 1 heterocycles. The Morgan fingerprint density at radius 1 is 1.14 bits per heavy atom. The van der Waals surface area contributed by atoms with E-state index >= 15 is 0 Å². The maximum absolute atomic E-state index is 12.8. The second-order valence-corrected chi connectivity index (χ2v) is 9.00. The summed E-state index contributed by atoms with van der Waals surface area (Å²) in [7, 11) is 0. The molecule has 2 rings (SSSR count). The summed E-state index contributed by atoms with van der Waals surface area (Å²) in [6.07, 6.45) is 1.64. The van der Waals surface area contributed by atoms with Gasteiger partial charge in [0.05, 0.1) is 24.7 Å². The number of halogens is 2. The lowest BCUT2D eigenvalue weighted by molar-refractivity contribution is -0.118. The maximum atomic E-state index is 12.8. The van der Waals surface area contributed by atoms with Crippen molar-refractivity contribution in [1.29, 1.82) is 0 Å². The van der Waals surface area contributed by atoms with Crippen molar-refractivity contribution in [2.24, 2.45) is 17.3 Å². The smallest absolute Gasteiger partial charge is 0.348 e. The van der Waals surface area contributed by atoms with Gasteiger partial charge in [0.2, 0.25) is 5.91 Å². The number of ether oxygens (including phenoxy) is 2. The van der Waals surface area contributed by atoms with Gasteiger partial charge >= 0.3 is 11.9 Å². The predicted molar refractivity (Wildman–Crippen MR) is 110 cm³/mol. The highest BCUT2D eigenvalue weighted by Crippen LogP contribution is 2.60. The number of amides is 1. The zero-order valence-corrected chi connectivity index (χ0v) is 18.7. The van der Waals surface area contributed by atoms with Gasteiger partial charge in [0.1, 0.15) is 14.4 Å². The van der Waals surface area contributed by atoms with Crippen LogP contribution >= 0.6 is 34.5 Å². The number of anilines is 1. The standard InChI is InChI=1S/C19H23Cl2NO5S/c1-6-26-17(24)12-9(3)14(18(25)27-7-2)28-16(12)22-15(23)13-10(8-11(20)21)19(13,4)5/h8,10,13H,6-7H2,1-5H3,(H,22,23)/t10-,13+/m1/s1. The molecule has 1 fully saturated rings. The summed E-state index contributed by atoms with van der Waals surface area (Å²) in [6.45, 7) is 9.26. The summed E-state index contributed by atoms with van der Waals surface area (Å²) in [5, 5.41) is 3.05. The first-order valence-electron chi connectivity index (χ1n) is 8.87. The minimum absolute atomic E-state index is 0.108. The highest BCUT2D eigenvalue weighted by Gasteiger charge is 2.60. The van der Waals surface area contributed by atoms with Gasteiger partial charge in [-0.3, -0.25) is 4.79 Å². The van der Waals surface area contributed by atoms with Crippen molar-refractivity contribution >= 4 is 57.4 Å². The highest BCUT2D eigenvalue weighted by molar-refractivity contribution is 7.18. The number of allylic oxidation sites excluding steroid dienone is 1. The summed E-state index contributed by atoms with van der Waals surface area (Å²) in [5.41, 5.74) is 0.274. The number of rotatable bonds is 7. The minimum atomic E-state index is -0.600. The van der Waals surface area contributed by atoms with Gasteiger partial charge in [0.25, 0.3) is 0 Å². The van der Waals surface area contributed by atoms with E-state index in [1.807, 2.05) is 13.8 Å². The van der Waals surface area contributed by atoms with Crippen LogP contribution in [0.5, 0.6) is 0 Å². The van der Waals surface area contributed by atoms with Crippen molar-refractivity contribution < 1.29 is 23.9 Å². The van der Waals surface area contributed by atoms with E-state index < -0.39 is 11.9 Å². The lowest BCUT2D eigenvalue weighted by atomic mass is 10.1. The van der Waals surface area contributed by atoms with Crippen LogP contribution in [0.4, 0.5) is 5.00 Å². The average Bonchev–Trinajstić information content (AvgIpc) is 2.94. The van der Waals surface area contributed by atoms with E-state index in [4.69, 9.17) is 32.7 Å². The molecule has 154 valence electrons. The molecular formula is C19H23Cl2NO5S. The molecule has 1 aliphatic carbocycles. The van der Waals surface area contributed by atoms with Crippen LogP contribution in [-0.4, -0.2) is 31.1 Å². The number of thiophene rings is 1. The molecule has 1 aliphatic rings. The molecule has 1 aromatic rings. The monoisotopic (exact) mass is 447 g/mol. The topological polar surface area (TPSA) is 81.7 Å². The SMILES string of the molecule is CCOC(=O)c1sc(NC(=O)[C@@H]2[C@@H](C=C(Cl)Cl)C2(C)C)c(C(=O)OCC)c1C. The van der Waals surface area contributed by atoms with Crippen molar-refractivity contribution in [3.8, 4) is 0 Å². The molecular weight excluding hydrogens is 425 g/mol. The van der Waals surface area contributed by atoms with Crippen molar-refractivity contribution in [2.45, 2.75) is 34.6 Å². The molecule has 0 aliphatic heterocycles. The van der Waals surface area contributed by atoms with E-state index in [2.05, 4.69) is 5.32 Å². The fourth-order valence-electron chi connectivity index (χ4n) is 3.26. The average molecular weight is 448 g/mol. The van der Waals surface area contributed by atoms with Crippen LogP contribution in [-0.2, 0) is 14.3 Å². The van der Waals surface area contributed by atoms with Gasteiger partial charge in [-0.15, -0.1) is 11.3 Å². The van der Waals surface area contributed by atoms with Crippen molar-refractivity contribution in [2.75, 3.05) is 18.5 Å². The van der Waals surface area contributed by atoms with Crippen molar-refractivity contribution in [1.82, 2.24) is 0 Å². The maximum Gasteiger partial charge on any atom is 0.348 e. The van der Waals surface area contributed by atoms with Crippen LogP contribution in [0.1, 0.15) is 53.3 Å². The van der Waals surface area contributed by atoms with E-state index in [9.17, 15) is 14.4 Å². The Labute approximate surface area is 178 Å². The van der Waals surface area contributed by atoms with Crippen LogP contribution in [0.3, 0.4) is 0 Å². The van der Waals surface area contributed by atoms with Crippen LogP contribution in [0.2, 0.25) is 0 Å². The van der Waals surface area contributed by atoms with Gasteiger partial charge in [0.15, 0.2) is 0 Å². The Hall–Kier alpha value is -1.57. The van der Waals surface area contributed by atoms with Crippen LogP contribution in [0.15, 0.2) is 10.6 Å². The van der Waals surface area contributed by atoms with Gasteiger partial charge in [0, 0.05) is 0 Å². The zero-order chi connectivity index (χ0) is 21.2. The summed E-state index contributed by atoms with van der Waals surface area (Å²) >= 11 is 12.5. The molecule has 2 atom stereocenters. The second-order valence-electron chi connectivity index (χ2n) is 6.97. The quantitative estimate of drug-likeness (QED) is 0.598. The molecule has 1 amide bonds. The lowest BCUT2D eigenvalue weighted by Crippen LogP contribution is -2.18. The first-order chi connectivity index (χ1) is 13.1.